The van der Waals surface area contributed by atoms with Crippen LogP contribution < -0.4 is 0 Å². The van der Waals surface area contributed by atoms with E-state index in [1.54, 1.807) is 0 Å². The molecule has 1 aromatic carbocycles. The Hall–Kier alpha value is -1.22. The lowest BCUT2D eigenvalue weighted by molar-refractivity contribution is -0.109. The second-order valence-electron chi connectivity index (χ2n) is 3.82. The quantitative estimate of drug-likeness (QED) is 0.692. The summed E-state index contributed by atoms with van der Waals surface area (Å²) in [6.45, 7) is 0.815. The Morgan fingerprint density at radius 3 is 2.67 bits per heavy atom. The van der Waals surface area contributed by atoms with E-state index < -0.39 is 12.1 Å². The fourth-order valence-electron chi connectivity index (χ4n) is 1.62. The van der Waals surface area contributed by atoms with Gasteiger partial charge in [-0.1, -0.05) is 30.3 Å². The Morgan fingerprint density at radius 2 is 2.07 bits per heavy atom. The van der Waals surface area contributed by atoms with Crippen LogP contribution in [-0.4, -0.2) is 19.1 Å². The Bertz CT molecular complexity index is 326. The molecular weight excluding hydrogens is 195 g/mol. The van der Waals surface area contributed by atoms with Crippen molar-refractivity contribution >= 4 is 6.29 Å². The fourth-order valence-corrected chi connectivity index (χ4v) is 1.62. The van der Waals surface area contributed by atoms with E-state index in [4.69, 9.17) is 4.74 Å². The molecule has 1 fully saturated rings. The molecule has 0 saturated heterocycles. The van der Waals surface area contributed by atoms with Gasteiger partial charge in [-0.25, -0.2) is 4.39 Å². The molecule has 0 aliphatic heterocycles. The standard InChI is InChI=1S/C12H13FO2/c13-12-10(6-14)11(12)8-15-7-9-4-2-1-3-5-9/h1-6,10-12H,7-8H2/t10-,11-,12-/m0/s1. The third kappa shape index (κ3) is 2.42. The van der Waals surface area contributed by atoms with Gasteiger partial charge < -0.3 is 9.53 Å². The maximum Gasteiger partial charge on any atom is 0.126 e. The van der Waals surface area contributed by atoms with E-state index in [0.29, 0.717) is 19.5 Å². The molecule has 1 saturated carbocycles. The van der Waals surface area contributed by atoms with Gasteiger partial charge in [-0.05, 0) is 5.56 Å². The molecule has 0 spiro atoms. The molecule has 2 nitrogen and oxygen atoms in total. The number of rotatable bonds is 5. The summed E-state index contributed by atoms with van der Waals surface area (Å²) >= 11 is 0. The highest BCUT2D eigenvalue weighted by Crippen LogP contribution is 2.40. The number of ether oxygens (including phenoxy) is 1. The molecule has 0 radical (unpaired) electrons. The van der Waals surface area contributed by atoms with Crippen LogP contribution in [0.15, 0.2) is 30.3 Å². The van der Waals surface area contributed by atoms with Crippen molar-refractivity contribution in [3.8, 4) is 0 Å². The summed E-state index contributed by atoms with van der Waals surface area (Å²) in [7, 11) is 0. The van der Waals surface area contributed by atoms with Crippen molar-refractivity contribution < 1.29 is 13.9 Å². The average Bonchev–Trinajstić information content (AvgIpc) is 2.90. The molecule has 2 rings (SSSR count). The van der Waals surface area contributed by atoms with Gasteiger partial charge in [0.25, 0.3) is 0 Å². The number of carbonyl (C=O) groups is 1. The molecule has 0 bridgehead atoms. The second-order valence-corrected chi connectivity index (χ2v) is 3.82. The van der Waals surface area contributed by atoms with Crippen LogP contribution in [0.5, 0.6) is 0 Å². The highest BCUT2D eigenvalue weighted by molar-refractivity contribution is 5.60. The molecule has 0 N–H and O–H groups in total. The number of alkyl halides is 1. The van der Waals surface area contributed by atoms with Crippen LogP contribution in [0.1, 0.15) is 5.56 Å². The normalized spacial score (nSPS) is 28.7. The molecule has 0 heterocycles. The van der Waals surface area contributed by atoms with E-state index in [2.05, 4.69) is 0 Å². The number of aldehydes is 1. The van der Waals surface area contributed by atoms with Crippen LogP contribution in [0.25, 0.3) is 0 Å². The zero-order valence-electron chi connectivity index (χ0n) is 8.30. The predicted octanol–water partition coefficient (Wildman–Crippen LogP) is 1.99. The largest absolute Gasteiger partial charge is 0.376 e. The lowest BCUT2D eigenvalue weighted by Gasteiger charge is -2.02. The monoisotopic (exact) mass is 208 g/mol. The maximum absolute atomic E-state index is 12.9. The van der Waals surface area contributed by atoms with E-state index in [1.165, 1.54) is 0 Å². The molecule has 1 aromatic rings. The minimum absolute atomic E-state index is 0.216. The Morgan fingerprint density at radius 1 is 1.33 bits per heavy atom. The van der Waals surface area contributed by atoms with E-state index >= 15 is 0 Å². The van der Waals surface area contributed by atoms with Crippen molar-refractivity contribution in [3.05, 3.63) is 35.9 Å². The average molecular weight is 208 g/mol. The minimum Gasteiger partial charge on any atom is -0.376 e. The minimum atomic E-state index is -0.988. The summed E-state index contributed by atoms with van der Waals surface area (Å²) in [4.78, 5) is 10.3. The first kappa shape index (κ1) is 10.3. The van der Waals surface area contributed by atoms with Crippen molar-refractivity contribution in [2.45, 2.75) is 12.8 Å². The topological polar surface area (TPSA) is 26.3 Å². The highest BCUT2D eigenvalue weighted by Gasteiger charge is 2.51. The molecule has 1 aliphatic carbocycles. The number of carbonyl (C=O) groups excluding carboxylic acids is 1. The van der Waals surface area contributed by atoms with Crippen LogP contribution in [0.3, 0.4) is 0 Å². The zero-order valence-corrected chi connectivity index (χ0v) is 8.30. The molecule has 0 amide bonds. The summed E-state index contributed by atoms with van der Waals surface area (Å²) in [5, 5.41) is 0. The number of benzene rings is 1. The number of hydrogen-bond acceptors (Lipinski definition) is 2. The third-order valence-corrected chi connectivity index (χ3v) is 2.71. The molecule has 15 heavy (non-hydrogen) atoms. The molecule has 0 aromatic heterocycles. The Balaban J connectivity index is 1.70. The van der Waals surface area contributed by atoms with Crippen LogP contribution in [0.2, 0.25) is 0 Å². The van der Waals surface area contributed by atoms with Gasteiger partial charge in [-0.2, -0.15) is 0 Å². The van der Waals surface area contributed by atoms with Gasteiger partial charge in [0.2, 0.25) is 0 Å². The smallest absolute Gasteiger partial charge is 0.126 e. The second kappa shape index (κ2) is 4.53. The van der Waals surface area contributed by atoms with Gasteiger partial charge in [0, 0.05) is 5.92 Å². The molecular formula is C12H13FO2. The first-order valence-electron chi connectivity index (χ1n) is 5.04. The Kier molecular flexibility index (Phi) is 3.11. The van der Waals surface area contributed by atoms with Crippen LogP contribution in [-0.2, 0) is 16.1 Å². The summed E-state index contributed by atoms with van der Waals surface area (Å²) in [5.41, 5.74) is 1.07. The van der Waals surface area contributed by atoms with Gasteiger partial charge in [0.05, 0.1) is 19.1 Å². The number of hydrogen-bond donors (Lipinski definition) is 0. The summed E-state index contributed by atoms with van der Waals surface area (Å²) in [6.07, 6.45) is -0.306. The van der Waals surface area contributed by atoms with Crippen LogP contribution in [0.4, 0.5) is 4.39 Å². The summed E-state index contributed by atoms with van der Waals surface area (Å²) in [6, 6.07) is 9.71. The fraction of sp³-hybridized carbons (Fsp3) is 0.417. The molecule has 80 valence electrons. The van der Waals surface area contributed by atoms with Crippen molar-refractivity contribution in [1.29, 1.82) is 0 Å². The molecule has 0 unspecified atom stereocenters. The van der Waals surface area contributed by atoms with Crippen molar-refractivity contribution in [3.63, 3.8) is 0 Å². The molecule has 3 atom stereocenters. The van der Waals surface area contributed by atoms with Gasteiger partial charge in [-0.3, -0.25) is 0 Å². The van der Waals surface area contributed by atoms with Crippen molar-refractivity contribution in [1.82, 2.24) is 0 Å². The van der Waals surface area contributed by atoms with Crippen molar-refractivity contribution in [2.75, 3.05) is 6.61 Å². The van der Waals surface area contributed by atoms with Gasteiger partial charge in [0.1, 0.15) is 12.5 Å². The maximum atomic E-state index is 12.9. The van der Waals surface area contributed by atoms with Gasteiger partial charge >= 0.3 is 0 Å². The SMILES string of the molecule is O=C[C@@H]1[C@H](F)[C@H]1COCc1ccccc1. The molecule has 1 aliphatic rings. The van der Waals surface area contributed by atoms with E-state index in [0.717, 1.165) is 5.56 Å². The van der Waals surface area contributed by atoms with E-state index in [9.17, 15) is 9.18 Å². The predicted molar refractivity (Wildman–Crippen MR) is 54.0 cm³/mol. The third-order valence-electron chi connectivity index (χ3n) is 2.71. The van der Waals surface area contributed by atoms with E-state index in [1.807, 2.05) is 30.3 Å². The van der Waals surface area contributed by atoms with Gasteiger partial charge in [0.15, 0.2) is 0 Å². The first-order chi connectivity index (χ1) is 7.33. The highest BCUT2D eigenvalue weighted by atomic mass is 19.1. The van der Waals surface area contributed by atoms with Crippen LogP contribution in [0, 0.1) is 11.8 Å². The van der Waals surface area contributed by atoms with E-state index in [-0.39, 0.29) is 5.92 Å². The number of halogens is 1. The summed E-state index contributed by atoms with van der Waals surface area (Å²) < 4.78 is 18.2. The lowest BCUT2D eigenvalue weighted by Crippen LogP contribution is -1.99. The molecule has 3 heteroatoms. The van der Waals surface area contributed by atoms with Crippen LogP contribution >= 0.6 is 0 Å². The summed E-state index contributed by atoms with van der Waals surface area (Å²) in [5.74, 6) is -0.646. The Labute approximate surface area is 88.1 Å². The van der Waals surface area contributed by atoms with Crippen molar-refractivity contribution in [2.24, 2.45) is 11.8 Å². The lowest BCUT2D eigenvalue weighted by atomic mass is 10.2. The van der Waals surface area contributed by atoms with Gasteiger partial charge in [-0.15, -0.1) is 0 Å². The first-order valence-corrected chi connectivity index (χ1v) is 5.04. The zero-order chi connectivity index (χ0) is 10.7.